The number of nitrogens with zero attached hydrogens (tertiary/aromatic N) is 5. The summed E-state index contributed by atoms with van der Waals surface area (Å²) in [6, 6.07) is 21.7. The van der Waals surface area contributed by atoms with E-state index in [0.29, 0.717) is 18.7 Å². The first-order valence-electron chi connectivity index (χ1n) is 10.7. The van der Waals surface area contributed by atoms with Gasteiger partial charge in [0.25, 0.3) is 5.91 Å². The van der Waals surface area contributed by atoms with Gasteiger partial charge in [0.15, 0.2) is 0 Å². The van der Waals surface area contributed by atoms with Crippen molar-refractivity contribution < 1.29 is 4.79 Å². The van der Waals surface area contributed by atoms with E-state index in [0.717, 1.165) is 41.2 Å². The summed E-state index contributed by atoms with van der Waals surface area (Å²) in [5.41, 5.74) is 3.62. The molecule has 158 valence electrons. The van der Waals surface area contributed by atoms with E-state index in [-0.39, 0.29) is 5.91 Å². The van der Waals surface area contributed by atoms with E-state index in [4.69, 9.17) is 0 Å². The standard InChI is InChI=1S/C26H23N5O/c32-25(30-16-18-31(19-17-30)26-27-14-3-15-28-26)22-9-6-20(7-10-22)8-12-23-13-11-21-4-1-2-5-24(21)29-23/h1-15H,16-19H2/b12-8+. The van der Waals surface area contributed by atoms with Crippen molar-refractivity contribution in [2.45, 2.75) is 0 Å². The van der Waals surface area contributed by atoms with E-state index >= 15 is 0 Å². The molecule has 4 aromatic rings. The minimum Gasteiger partial charge on any atom is -0.337 e. The summed E-state index contributed by atoms with van der Waals surface area (Å²) < 4.78 is 0. The number of amides is 1. The largest absolute Gasteiger partial charge is 0.337 e. The van der Waals surface area contributed by atoms with Gasteiger partial charge in [-0.05, 0) is 42.0 Å². The number of benzene rings is 2. The van der Waals surface area contributed by atoms with Crippen molar-refractivity contribution in [1.82, 2.24) is 19.9 Å². The van der Waals surface area contributed by atoms with Gasteiger partial charge in [0.1, 0.15) is 0 Å². The molecule has 2 aromatic carbocycles. The van der Waals surface area contributed by atoms with E-state index in [9.17, 15) is 4.79 Å². The predicted molar refractivity (Wildman–Crippen MR) is 127 cm³/mol. The van der Waals surface area contributed by atoms with Crippen LogP contribution in [-0.2, 0) is 0 Å². The molecule has 0 N–H and O–H groups in total. The number of pyridine rings is 1. The van der Waals surface area contributed by atoms with Crippen molar-refractivity contribution in [3.05, 3.63) is 95.9 Å². The Labute approximate surface area is 186 Å². The van der Waals surface area contributed by atoms with Crippen molar-refractivity contribution in [2.75, 3.05) is 31.1 Å². The van der Waals surface area contributed by atoms with Crippen LogP contribution in [0.3, 0.4) is 0 Å². The summed E-state index contributed by atoms with van der Waals surface area (Å²) in [7, 11) is 0. The number of hydrogen-bond donors (Lipinski definition) is 0. The molecular weight excluding hydrogens is 398 g/mol. The van der Waals surface area contributed by atoms with Gasteiger partial charge in [-0.2, -0.15) is 0 Å². The number of anilines is 1. The molecule has 0 unspecified atom stereocenters. The Morgan fingerprint density at radius 2 is 1.53 bits per heavy atom. The highest BCUT2D eigenvalue weighted by Gasteiger charge is 2.23. The number of aromatic nitrogens is 3. The van der Waals surface area contributed by atoms with Gasteiger partial charge in [0, 0.05) is 49.5 Å². The summed E-state index contributed by atoms with van der Waals surface area (Å²) >= 11 is 0. The van der Waals surface area contributed by atoms with Gasteiger partial charge in [0.05, 0.1) is 11.2 Å². The van der Waals surface area contributed by atoms with Crippen molar-refractivity contribution in [2.24, 2.45) is 0 Å². The molecule has 6 nitrogen and oxygen atoms in total. The normalized spacial score (nSPS) is 14.2. The Morgan fingerprint density at radius 3 is 2.31 bits per heavy atom. The quantitative estimate of drug-likeness (QED) is 0.495. The molecule has 1 saturated heterocycles. The lowest BCUT2D eigenvalue weighted by Crippen LogP contribution is -2.49. The van der Waals surface area contributed by atoms with E-state index in [1.807, 2.05) is 65.6 Å². The number of para-hydroxylation sites is 1. The molecule has 3 heterocycles. The fraction of sp³-hybridized carbons (Fsp3) is 0.154. The second-order valence-electron chi connectivity index (χ2n) is 7.71. The summed E-state index contributed by atoms with van der Waals surface area (Å²) in [6.45, 7) is 2.78. The zero-order chi connectivity index (χ0) is 21.8. The zero-order valence-electron chi connectivity index (χ0n) is 17.6. The number of piperazine rings is 1. The van der Waals surface area contributed by atoms with Crippen molar-refractivity contribution >= 4 is 34.9 Å². The van der Waals surface area contributed by atoms with Crippen LogP contribution in [0.15, 0.2) is 79.1 Å². The van der Waals surface area contributed by atoms with Crippen LogP contribution >= 0.6 is 0 Å². The Morgan fingerprint density at radius 1 is 0.781 bits per heavy atom. The fourth-order valence-corrected chi connectivity index (χ4v) is 3.84. The first-order chi connectivity index (χ1) is 15.8. The van der Waals surface area contributed by atoms with E-state index in [1.165, 1.54) is 0 Å². The number of hydrogen-bond acceptors (Lipinski definition) is 5. The zero-order valence-corrected chi connectivity index (χ0v) is 17.6. The first kappa shape index (κ1) is 19.9. The van der Waals surface area contributed by atoms with Crippen LogP contribution in [0.4, 0.5) is 5.95 Å². The molecule has 1 amide bonds. The SMILES string of the molecule is O=C(c1ccc(/C=C/c2ccc3ccccc3n2)cc1)N1CCN(c2ncccn2)CC1. The monoisotopic (exact) mass is 421 g/mol. The molecule has 0 radical (unpaired) electrons. The maximum Gasteiger partial charge on any atom is 0.253 e. The topological polar surface area (TPSA) is 62.2 Å². The molecule has 2 aromatic heterocycles. The molecule has 0 atom stereocenters. The third-order valence-corrected chi connectivity index (χ3v) is 5.63. The lowest BCUT2D eigenvalue weighted by molar-refractivity contribution is 0.0746. The maximum absolute atomic E-state index is 12.9. The van der Waals surface area contributed by atoms with Gasteiger partial charge in [-0.25, -0.2) is 15.0 Å². The van der Waals surface area contributed by atoms with Crippen LogP contribution in [-0.4, -0.2) is 51.9 Å². The molecule has 1 aliphatic rings. The van der Waals surface area contributed by atoms with Crippen LogP contribution < -0.4 is 4.90 Å². The molecule has 1 fully saturated rings. The van der Waals surface area contributed by atoms with Gasteiger partial charge in [-0.3, -0.25) is 4.79 Å². The molecular formula is C26H23N5O. The van der Waals surface area contributed by atoms with Crippen LogP contribution in [0.5, 0.6) is 0 Å². The molecule has 0 spiro atoms. The van der Waals surface area contributed by atoms with Crippen molar-refractivity contribution in [3.8, 4) is 0 Å². The van der Waals surface area contributed by atoms with Crippen LogP contribution in [0.2, 0.25) is 0 Å². The smallest absolute Gasteiger partial charge is 0.253 e. The minimum atomic E-state index is 0.0605. The van der Waals surface area contributed by atoms with Gasteiger partial charge < -0.3 is 9.80 Å². The van der Waals surface area contributed by atoms with Gasteiger partial charge in [-0.1, -0.05) is 42.5 Å². The summed E-state index contributed by atoms with van der Waals surface area (Å²) in [4.78, 5) is 30.2. The number of carbonyl (C=O) groups excluding carboxylic acids is 1. The lowest BCUT2D eigenvalue weighted by atomic mass is 10.1. The molecule has 1 aliphatic heterocycles. The highest BCUT2D eigenvalue weighted by molar-refractivity contribution is 5.94. The Hall–Kier alpha value is -4.06. The van der Waals surface area contributed by atoms with Crippen molar-refractivity contribution in [3.63, 3.8) is 0 Å². The van der Waals surface area contributed by atoms with Gasteiger partial charge >= 0.3 is 0 Å². The van der Waals surface area contributed by atoms with E-state index in [1.54, 1.807) is 18.5 Å². The van der Waals surface area contributed by atoms with Crippen LogP contribution in [0.1, 0.15) is 21.6 Å². The average molecular weight is 422 g/mol. The third kappa shape index (κ3) is 4.34. The van der Waals surface area contributed by atoms with E-state index in [2.05, 4.69) is 32.0 Å². The van der Waals surface area contributed by atoms with Crippen molar-refractivity contribution in [1.29, 1.82) is 0 Å². The summed E-state index contributed by atoms with van der Waals surface area (Å²) in [5.74, 6) is 0.780. The molecule has 0 aliphatic carbocycles. The summed E-state index contributed by atoms with van der Waals surface area (Å²) in [5, 5.41) is 1.13. The molecule has 0 bridgehead atoms. The highest BCUT2D eigenvalue weighted by atomic mass is 16.2. The van der Waals surface area contributed by atoms with E-state index < -0.39 is 0 Å². The number of fused-ring (bicyclic) bond motifs is 1. The molecule has 32 heavy (non-hydrogen) atoms. The molecule has 6 heteroatoms. The molecule has 5 rings (SSSR count). The molecule has 0 saturated carbocycles. The number of carbonyl (C=O) groups is 1. The Kier molecular flexibility index (Phi) is 5.58. The maximum atomic E-state index is 12.9. The summed E-state index contributed by atoms with van der Waals surface area (Å²) in [6.07, 6.45) is 7.50. The highest BCUT2D eigenvalue weighted by Crippen LogP contribution is 2.16. The predicted octanol–water partition coefficient (Wildman–Crippen LogP) is 4.16. The third-order valence-electron chi connectivity index (χ3n) is 5.63. The second kappa shape index (κ2) is 8.98. The van der Waals surface area contributed by atoms with Crippen LogP contribution in [0.25, 0.3) is 23.1 Å². The number of rotatable bonds is 4. The Balaban J connectivity index is 1.21. The first-order valence-corrected chi connectivity index (χ1v) is 10.7. The lowest BCUT2D eigenvalue weighted by Gasteiger charge is -2.34. The average Bonchev–Trinajstić information content (AvgIpc) is 2.88. The fourth-order valence-electron chi connectivity index (χ4n) is 3.84. The minimum absolute atomic E-state index is 0.0605. The Bertz CT molecular complexity index is 1250. The van der Waals surface area contributed by atoms with Crippen LogP contribution in [0, 0.1) is 0 Å². The second-order valence-corrected chi connectivity index (χ2v) is 7.71. The van der Waals surface area contributed by atoms with Gasteiger partial charge in [-0.15, -0.1) is 0 Å². The van der Waals surface area contributed by atoms with Gasteiger partial charge in [0.2, 0.25) is 5.95 Å².